The first kappa shape index (κ1) is 43.8. The van der Waals surface area contributed by atoms with Crippen LogP contribution in [0.15, 0.2) is 121 Å². The fourth-order valence-electron chi connectivity index (χ4n) is 7.70. The molecular weight excluding hydrogens is 821 g/mol. The highest BCUT2D eigenvalue weighted by Gasteiger charge is 2.37. The number of esters is 4. The lowest BCUT2D eigenvalue weighted by Gasteiger charge is -2.19. The van der Waals surface area contributed by atoms with Crippen molar-refractivity contribution in [3.63, 3.8) is 0 Å². The fourth-order valence-corrected chi connectivity index (χ4v) is 7.70. The summed E-state index contributed by atoms with van der Waals surface area (Å²) in [5, 5.41) is 0. The second-order valence-electron chi connectivity index (χ2n) is 14.0. The van der Waals surface area contributed by atoms with Crippen molar-refractivity contribution in [3.05, 3.63) is 144 Å². The van der Waals surface area contributed by atoms with Crippen molar-refractivity contribution in [2.45, 2.75) is 0 Å². The number of aromatic nitrogens is 2. The fraction of sp³-hybridized carbons (Fsp3) is 0.160. The molecular formula is C50H44N2O12. The molecule has 7 aromatic rings. The van der Waals surface area contributed by atoms with E-state index in [1.54, 1.807) is 159 Å². The SMILES string of the molecule is COC(=O)c1c(C(=O)OC)c(-c2ccc(OC)cc2)n(-c2ccc(-n3c(-c4ccc(OC)cc4)c(C(=O)OC)c(C(=O)OC)c3-c3ccc(OC)cc3)cc2)c1-c1ccc(OC)cc1. The molecule has 0 spiro atoms. The molecule has 0 bridgehead atoms. The van der Waals surface area contributed by atoms with Gasteiger partial charge < -0.3 is 47.0 Å². The maximum atomic E-state index is 14.0. The zero-order chi connectivity index (χ0) is 45.7. The third kappa shape index (κ3) is 7.88. The number of hydrogen-bond acceptors (Lipinski definition) is 12. The van der Waals surface area contributed by atoms with Gasteiger partial charge in [-0.05, 0) is 144 Å². The monoisotopic (exact) mass is 864 g/mol. The number of benzene rings is 5. The van der Waals surface area contributed by atoms with E-state index < -0.39 is 23.9 Å². The maximum absolute atomic E-state index is 14.0. The maximum Gasteiger partial charge on any atom is 0.340 e. The number of carbonyl (C=O) groups excluding carboxylic acids is 4. The summed E-state index contributed by atoms with van der Waals surface area (Å²) in [6.07, 6.45) is 0. The van der Waals surface area contributed by atoms with Gasteiger partial charge in [-0.1, -0.05) is 0 Å². The van der Waals surface area contributed by atoms with E-state index in [0.717, 1.165) is 0 Å². The largest absolute Gasteiger partial charge is 0.497 e. The van der Waals surface area contributed by atoms with Crippen LogP contribution in [-0.2, 0) is 18.9 Å². The molecule has 5 aromatic carbocycles. The van der Waals surface area contributed by atoms with Gasteiger partial charge in [-0.15, -0.1) is 0 Å². The summed E-state index contributed by atoms with van der Waals surface area (Å²) in [4.78, 5) is 55.9. The molecule has 7 rings (SSSR count). The van der Waals surface area contributed by atoms with Gasteiger partial charge in [0.2, 0.25) is 0 Å². The predicted octanol–water partition coefficient (Wildman–Crippen LogP) is 9.12. The van der Waals surface area contributed by atoms with Crippen LogP contribution in [0.25, 0.3) is 56.4 Å². The Morgan fingerprint density at radius 2 is 0.484 bits per heavy atom. The molecule has 326 valence electrons. The second-order valence-corrected chi connectivity index (χ2v) is 14.0. The van der Waals surface area contributed by atoms with Crippen LogP contribution in [0.5, 0.6) is 23.0 Å². The van der Waals surface area contributed by atoms with E-state index in [4.69, 9.17) is 37.9 Å². The average Bonchev–Trinajstić information content (AvgIpc) is 3.90. The minimum atomic E-state index is -0.775. The summed E-state index contributed by atoms with van der Waals surface area (Å²) in [5.74, 6) is -0.827. The molecule has 0 aliphatic heterocycles. The number of nitrogens with zero attached hydrogens (tertiary/aromatic N) is 2. The highest BCUT2D eigenvalue weighted by atomic mass is 16.5. The van der Waals surface area contributed by atoms with Crippen LogP contribution in [-0.4, -0.2) is 89.9 Å². The third-order valence-electron chi connectivity index (χ3n) is 10.7. The molecule has 2 heterocycles. The van der Waals surface area contributed by atoms with Crippen LogP contribution in [0.1, 0.15) is 41.4 Å². The van der Waals surface area contributed by atoms with Crippen LogP contribution < -0.4 is 18.9 Å². The van der Waals surface area contributed by atoms with E-state index in [-0.39, 0.29) is 22.3 Å². The van der Waals surface area contributed by atoms with E-state index >= 15 is 0 Å². The number of methoxy groups -OCH3 is 8. The van der Waals surface area contributed by atoms with Crippen LogP contribution >= 0.6 is 0 Å². The quantitative estimate of drug-likeness (QED) is 0.0757. The van der Waals surface area contributed by atoms with Crippen molar-refractivity contribution in [2.24, 2.45) is 0 Å². The van der Waals surface area contributed by atoms with Crippen molar-refractivity contribution in [2.75, 3.05) is 56.9 Å². The summed E-state index contributed by atoms with van der Waals surface area (Å²) in [6, 6.07) is 35.3. The molecule has 0 aliphatic rings. The van der Waals surface area contributed by atoms with Crippen LogP contribution in [0, 0.1) is 0 Å². The number of rotatable bonds is 14. The lowest BCUT2D eigenvalue weighted by Crippen LogP contribution is -2.11. The zero-order valence-electron chi connectivity index (χ0n) is 36.3. The summed E-state index contributed by atoms with van der Waals surface area (Å²) in [6.45, 7) is 0. The van der Waals surface area contributed by atoms with E-state index in [9.17, 15) is 19.2 Å². The first-order valence-corrected chi connectivity index (χ1v) is 19.7. The Kier molecular flexibility index (Phi) is 12.9. The molecule has 64 heavy (non-hydrogen) atoms. The van der Waals surface area contributed by atoms with E-state index in [1.165, 1.54) is 28.4 Å². The molecule has 14 heteroatoms. The first-order valence-electron chi connectivity index (χ1n) is 19.7. The Labute approximate surface area is 369 Å². The molecule has 0 amide bonds. The van der Waals surface area contributed by atoms with Crippen molar-refractivity contribution >= 4 is 23.9 Å². The topological polar surface area (TPSA) is 152 Å². The normalized spacial score (nSPS) is 10.8. The standard InChI is InChI=1S/C50H44N2O12/c1-57-35-21-9-29(10-22-35)43-39(47(53)61-5)40(48(54)62-6)44(30-11-23-36(58-2)24-12-30)51(43)33-17-19-34(20-18-33)52-45(31-13-25-37(59-3)26-14-31)41(49(55)63-7)42(50(56)64-8)46(52)32-15-27-38(60-4)28-16-32/h9-28H,1-8H3. The summed E-state index contributed by atoms with van der Waals surface area (Å²) in [5.41, 5.74) is 4.39. The summed E-state index contributed by atoms with van der Waals surface area (Å²) in [7, 11) is 11.1. The first-order chi connectivity index (χ1) is 31.1. The molecule has 0 radical (unpaired) electrons. The molecule has 0 aliphatic carbocycles. The summed E-state index contributed by atoms with van der Waals surface area (Å²) < 4.78 is 46.8. The lowest BCUT2D eigenvalue weighted by molar-refractivity contribution is 0.0558. The van der Waals surface area contributed by atoms with Gasteiger partial charge >= 0.3 is 23.9 Å². The van der Waals surface area contributed by atoms with Gasteiger partial charge in [-0.3, -0.25) is 0 Å². The number of hydrogen-bond donors (Lipinski definition) is 0. The van der Waals surface area contributed by atoms with Crippen molar-refractivity contribution in [1.82, 2.24) is 9.13 Å². The smallest absolute Gasteiger partial charge is 0.340 e. The minimum absolute atomic E-state index is 0.0335. The number of carbonyl (C=O) groups is 4. The molecule has 0 saturated heterocycles. The van der Waals surface area contributed by atoms with Gasteiger partial charge in [0, 0.05) is 11.4 Å². The predicted molar refractivity (Wildman–Crippen MR) is 238 cm³/mol. The van der Waals surface area contributed by atoms with Crippen LogP contribution in [0.2, 0.25) is 0 Å². The lowest BCUT2D eigenvalue weighted by atomic mass is 10.0. The Hall–Kier alpha value is -8.26. The van der Waals surface area contributed by atoms with Gasteiger partial charge in [0.05, 0.1) is 79.7 Å². The molecule has 2 aromatic heterocycles. The van der Waals surface area contributed by atoms with Gasteiger partial charge in [0.25, 0.3) is 0 Å². The van der Waals surface area contributed by atoms with Gasteiger partial charge in [0.15, 0.2) is 0 Å². The molecule has 0 fully saturated rings. The van der Waals surface area contributed by atoms with Gasteiger partial charge in [0.1, 0.15) is 45.3 Å². The Balaban J connectivity index is 1.60. The number of ether oxygens (including phenoxy) is 8. The Morgan fingerprint density at radius 1 is 0.297 bits per heavy atom. The second kappa shape index (κ2) is 18.8. The van der Waals surface area contributed by atoms with Gasteiger partial charge in [-0.25, -0.2) is 19.2 Å². The minimum Gasteiger partial charge on any atom is -0.497 e. The molecule has 0 N–H and O–H groups in total. The molecule has 0 unspecified atom stereocenters. The highest BCUT2D eigenvalue weighted by Crippen LogP contribution is 2.44. The van der Waals surface area contributed by atoms with Crippen molar-refractivity contribution in [3.8, 4) is 79.4 Å². The summed E-state index contributed by atoms with van der Waals surface area (Å²) >= 11 is 0. The third-order valence-corrected chi connectivity index (χ3v) is 10.7. The van der Waals surface area contributed by atoms with E-state index in [2.05, 4.69) is 0 Å². The van der Waals surface area contributed by atoms with E-state index in [1.807, 2.05) is 0 Å². The zero-order valence-corrected chi connectivity index (χ0v) is 36.3. The Morgan fingerprint density at radius 3 is 0.641 bits per heavy atom. The van der Waals surface area contributed by atoms with Crippen molar-refractivity contribution < 1.29 is 57.1 Å². The molecule has 0 saturated carbocycles. The van der Waals surface area contributed by atoms with Crippen LogP contribution in [0.3, 0.4) is 0 Å². The Bertz CT molecular complexity index is 2470. The molecule has 14 nitrogen and oxygen atoms in total. The molecule has 0 atom stereocenters. The average molecular weight is 865 g/mol. The van der Waals surface area contributed by atoms with Crippen molar-refractivity contribution in [1.29, 1.82) is 0 Å². The van der Waals surface area contributed by atoms with Crippen LogP contribution in [0.4, 0.5) is 0 Å². The van der Waals surface area contributed by atoms with Gasteiger partial charge in [-0.2, -0.15) is 0 Å². The van der Waals surface area contributed by atoms with E-state index in [0.29, 0.717) is 79.4 Å². The highest BCUT2D eigenvalue weighted by molar-refractivity contribution is 6.14.